The first-order valence-electron chi connectivity index (χ1n) is 8.71. The molecule has 2 aromatic carbocycles. The van der Waals surface area contributed by atoms with Gasteiger partial charge in [-0.2, -0.15) is 0 Å². The molecule has 126 valence electrons. The van der Waals surface area contributed by atoms with Crippen molar-refractivity contribution in [2.45, 2.75) is 45.3 Å². The van der Waals surface area contributed by atoms with Crippen LogP contribution in [0, 0.1) is 0 Å². The number of phenolic OH excluding ortho intramolecular Hbond substituents is 1. The largest absolute Gasteiger partial charge is 0.504 e. The Balaban J connectivity index is 1.97. The normalized spacial score (nSPS) is 19.6. The van der Waals surface area contributed by atoms with Crippen molar-refractivity contribution in [1.82, 2.24) is 4.90 Å². The van der Waals surface area contributed by atoms with E-state index in [0.29, 0.717) is 11.8 Å². The van der Waals surface area contributed by atoms with E-state index in [9.17, 15) is 5.11 Å². The second kappa shape index (κ2) is 5.25. The van der Waals surface area contributed by atoms with Gasteiger partial charge in [-0.15, -0.1) is 0 Å². The van der Waals surface area contributed by atoms with Gasteiger partial charge in [0.2, 0.25) is 0 Å². The number of nitrogens with zero attached hydrogens (tertiary/aromatic N) is 1. The lowest BCUT2D eigenvalue weighted by atomic mass is 9.77. The molecular weight excluding hydrogens is 298 g/mol. The van der Waals surface area contributed by atoms with Gasteiger partial charge in [0.15, 0.2) is 11.5 Å². The molecule has 0 fully saturated rings. The molecule has 1 atom stereocenters. The van der Waals surface area contributed by atoms with Crippen LogP contribution in [0.2, 0.25) is 0 Å². The van der Waals surface area contributed by atoms with Gasteiger partial charge in [0, 0.05) is 18.2 Å². The molecule has 24 heavy (non-hydrogen) atoms. The van der Waals surface area contributed by atoms with E-state index < -0.39 is 0 Å². The lowest BCUT2D eigenvalue weighted by Crippen LogP contribution is -2.35. The lowest BCUT2D eigenvalue weighted by Gasteiger charge is -2.40. The number of rotatable bonds is 1. The maximum absolute atomic E-state index is 10.5. The van der Waals surface area contributed by atoms with Crippen molar-refractivity contribution in [3.05, 3.63) is 47.0 Å². The average molecular weight is 323 g/mol. The zero-order valence-electron chi connectivity index (χ0n) is 14.9. The first kappa shape index (κ1) is 15.5. The molecule has 2 aliphatic rings. The molecule has 1 aliphatic carbocycles. The first-order chi connectivity index (χ1) is 11.3. The van der Waals surface area contributed by atoms with Crippen LogP contribution in [-0.2, 0) is 12.8 Å². The second-order valence-electron chi connectivity index (χ2n) is 7.99. The maximum Gasteiger partial charge on any atom is 0.169 e. The molecule has 0 amide bonds. The summed E-state index contributed by atoms with van der Waals surface area (Å²) < 4.78 is 6.18. The summed E-state index contributed by atoms with van der Waals surface area (Å²) in [5.41, 5.74) is 6.06. The minimum atomic E-state index is -0.352. The molecule has 1 aliphatic heterocycles. The molecule has 0 saturated carbocycles. The Labute approximate surface area is 143 Å². The van der Waals surface area contributed by atoms with E-state index in [4.69, 9.17) is 4.74 Å². The Morgan fingerprint density at radius 3 is 2.67 bits per heavy atom. The van der Waals surface area contributed by atoms with Crippen LogP contribution in [0.25, 0.3) is 11.1 Å². The number of fused-ring (bicyclic) bond motifs is 2. The number of aromatic hydroxyl groups is 1. The molecule has 1 N–H and O–H groups in total. The standard InChI is InChI=1S/C21H25NO2/c1-21(2,3)24-20-17(23)9-8-14-12-16-18-13(10-11-22(16)4)6-5-7-15(18)19(14)20/h5-9,16,23H,10-12H2,1-4H3. The predicted molar refractivity (Wildman–Crippen MR) is 96.7 cm³/mol. The van der Waals surface area contributed by atoms with Crippen molar-refractivity contribution < 1.29 is 9.84 Å². The third-order valence-electron chi connectivity index (χ3n) is 5.11. The molecule has 0 bridgehead atoms. The Kier molecular flexibility index (Phi) is 3.40. The highest BCUT2D eigenvalue weighted by molar-refractivity contribution is 5.82. The smallest absolute Gasteiger partial charge is 0.169 e. The van der Waals surface area contributed by atoms with E-state index in [1.54, 1.807) is 6.07 Å². The molecule has 0 aromatic heterocycles. The Morgan fingerprint density at radius 2 is 1.92 bits per heavy atom. The van der Waals surface area contributed by atoms with Crippen LogP contribution in [0.4, 0.5) is 0 Å². The molecule has 0 radical (unpaired) electrons. The van der Waals surface area contributed by atoms with Gasteiger partial charge in [0.1, 0.15) is 5.60 Å². The van der Waals surface area contributed by atoms with Crippen LogP contribution in [0.3, 0.4) is 0 Å². The van der Waals surface area contributed by atoms with Gasteiger partial charge in [-0.05, 0) is 69.0 Å². The van der Waals surface area contributed by atoms with E-state index in [0.717, 1.165) is 24.9 Å². The van der Waals surface area contributed by atoms with Gasteiger partial charge < -0.3 is 9.84 Å². The zero-order valence-corrected chi connectivity index (χ0v) is 14.9. The fourth-order valence-corrected chi connectivity index (χ4v) is 4.07. The molecule has 1 heterocycles. The highest BCUT2D eigenvalue weighted by atomic mass is 16.5. The molecule has 3 heteroatoms. The van der Waals surface area contributed by atoms with Gasteiger partial charge in [-0.3, -0.25) is 4.90 Å². The lowest BCUT2D eigenvalue weighted by molar-refractivity contribution is 0.126. The predicted octanol–water partition coefficient (Wildman–Crippen LogP) is 4.32. The summed E-state index contributed by atoms with van der Waals surface area (Å²) in [5, 5.41) is 10.5. The first-order valence-corrected chi connectivity index (χ1v) is 8.71. The van der Waals surface area contributed by atoms with Crippen molar-refractivity contribution in [2.75, 3.05) is 13.6 Å². The molecule has 0 saturated heterocycles. The topological polar surface area (TPSA) is 32.7 Å². The van der Waals surface area contributed by atoms with Crippen LogP contribution in [0.1, 0.15) is 43.5 Å². The Bertz CT molecular complexity index is 804. The van der Waals surface area contributed by atoms with Gasteiger partial charge in [0.25, 0.3) is 0 Å². The number of hydrogen-bond donors (Lipinski definition) is 1. The van der Waals surface area contributed by atoms with Crippen molar-refractivity contribution in [3.8, 4) is 22.6 Å². The van der Waals surface area contributed by atoms with E-state index in [1.807, 2.05) is 20.8 Å². The molecule has 3 nitrogen and oxygen atoms in total. The van der Waals surface area contributed by atoms with E-state index in [-0.39, 0.29) is 11.4 Å². The van der Waals surface area contributed by atoms with Crippen molar-refractivity contribution in [3.63, 3.8) is 0 Å². The summed E-state index contributed by atoms with van der Waals surface area (Å²) in [6.45, 7) is 7.16. The van der Waals surface area contributed by atoms with Gasteiger partial charge >= 0.3 is 0 Å². The summed E-state index contributed by atoms with van der Waals surface area (Å²) in [5.74, 6) is 0.851. The quantitative estimate of drug-likeness (QED) is 0.848. The van der Waals surface area contributed by atoms with Gasteiger partial charge in [-0.1, -0.05) is 24.3 Å². The summed E-state index contributed by atoms with van der Waals surface area (Å²) in [6.07, 6.45) is 2.05. The van der Waals surface area contributed by atoms with Crippen LogP contribution >= 0.6 is 0 Å². The van der Waals surface area contributed by atoms with Gasteiger partial charge in [0.05, 0.1) is 0 Å². The highest BCUT2D eigenvalue weighted by Gasteiger charge is 2.35. The summed E-state index contributed by atoms with van der Waals surface area (Å²) in [4.78, 5) is 2.45. The van der Waals surface area contributed by atoms with Gasteiger partial charge in [-0.25, -0.2) is 0 Å². The highest BCUT2D eigenvalue weighted by Crippen LogP contribution is 2.51. The average Bonchev–Trinajstić information content (AvgIpc) is 2.52. The van der Waals surface area contributed by atoms with Crippen molar-refractivity contribution >= 4 is 0 Å². The number of ether oxygens (including phenoxy) is 1. The fraction of sp³-hybridized carbons (Fsp3) is 0.429. The van der Waals surface area contributed by atoms with Crippen LogP contribution < -0.4 is 4.74 Å². The fourth-order valence-electron chi connectivity index (χ4n) is 4.07. The number of benzene rings is 2. The number of hydrogen-bond acceptors (Lipinski definition) is 3. The summed E-state index contributed by atoms with van der Waals surface area (Å²) >= 11 is 0. The second-order valence-corrected chi connectivity index (χ2v) is 7.99. The zero-order chi connectivity index (χ0) is 17.1. The summed E-state index contributed by atoms with van der Waals surface area (Å²) in [6, 6.07) is 10.8. The van der Waals surface area contributed by atoms with Crippen molar-refractivity contribution in [2.24, 2.45) is 0 Å². The number of likely N-dealkylation sites (N-methyl/N-ethyl adjacent to an activating group) is 1. The molecule has 2 aromatic rings. The maximum atomic E-state index is 10.5. The van der Waals surface area contributed by atoms with Crippen molar-refractivity contribution in [1.29, 1.82) is 0 Å². The van der Waals surface area contributed by atoms with E-state index in [2.05, 4.69) is 36.2 Å². The SMILES string of the molecule is CN1CCc2cccc3c2C1Cc1ccc(O)c(OC(C)(C)C)c1-3. The molecular formula is C21H25NO2. The Morgan fingerprint density at radius 1 is 1.12 bits per heavy atom. The third-order valence-corrected chi connectivity index (χ3v) is 5.11. The summed E-state index contributed by atoms with van der Waals surface area (Å²) in [7, 11) is 2.21. The van der Waals surface area contributed by atoms with E-state index in [1.165, 1.54) is 22.3 Å². The minimum Gasteiger partial charge on any atom is -0.504 e. The third kappa shape index (κ3) is 2.39. The van der Waals surface area contributed by atoms with E-state index >= 15 is 0 Å². The van der Waals surface area contributed by atoms with Crippen LogP contribution in [0.5, 0.6) is 11.5 Å². The van der Waals surface area contributed by atoms with Crippen LogP contribution in [-0.4, -0.2) is 29.2 Å². The van der Waals surface area contributed by atoms with Crippen LogP contribution in [0.15, 0.2) is 30.3 Å². The number of phenols is 1. The molecule has 4 rings (SSSR count). The Hall–Kier alpha value is -2.00. The minimum absolute atomic E-state index is 0.226. The molecule has 1 unspecified atom stereocenters. The monoisotopic (exact) mass is 323 g/mol. The molecule has 0 spiro atoms.